The molecule has 0 saturated heterocycles. The van der Waals surface area contributed by atoms with Gasteiger partial charge in [-0.1, -0.05) is 6.92 Å². The molecule has 0 aliphatic carbocycles. The first-order chi connectivity index (χ1) is 7.63. The van der Waals surface area contributed by atoms with Crippen molar-refractivity contribution in [1.29, 1.82) is 0 Å². The Bertz CT molecular complexity index is 341. The van der Waals surface area contributed by atoms with E-state index in [1.54, 1.807) is 23.9 Å². The van der Waals surface area contributed by atoms with Gasteiger partial charge in [-0.15, -0.1) is 10.2 Å². The fourth-order valence-electron chi connectivity index (χ4n) is 1.10. The lowest BCUT2D eigenvalue weighted by atomic mass is 10.3. The summed E-state index contributed by atoms with van der Waals surface area (Å²) in [6.07, 6.45) is 0. The van der Waals surface area contributed by atoms with Crippen LogP contribution in [0, 0.1) is 0 Å². The molecule has 0 fully saturated rings. The van der Waals surface area contributed by atoms with Crippen LogP contribution in [0.2, 0.25) is 0 Å². The van der Waals surface area contributed by atoms with Crippen LogP contribution in [0.3, 0.4) is 0 Å². The van der Waals surface area contributed by atoms with Crippen molar-refractivity contribution in [3.05, 3.63) is 17.8 Å². The molecule has 0 saturated carbocycles. The lowest BCUT2D eigenvalue weighted by Gasteiger charge is -2.12. The fraction of sp³-hybridized carbons (Fsp3) is 0.500. The third-order valence-corrected chi connectivity index (χ3v) is 3.01. The maximum atomic E-state index is 11.7. The third kappa shape index (κ3) is 4.06. The van der Waals surface area contributed by atoms with Crippen molar-refractivity contribution in [1.82, 2.24) is 15.5 Å². The van der Waals surface area contributed by atoms with Crippen molar-refractivity contribution < 1.29 is 4.79 Å². The minimum Gasteiger partial charge on any atom is -0.382 e. The highest BCUT2D eigenvalue weighted by Crippen LogP contribution is 2.03. The number of nitrogens with one attached hydrogen (secondary N) is 1. The monoisotopic (exact) mass is 240 g/mol. The molecule has 1 atom stereocenters. The summed E-state index contributed by atoms with van der Waals surface area (Å²) in [5.41, 5.74) is 5.68. The largest absolute Gasteiger partial charge is 0.382 e. The molecule has 0 aromatic carbocycles. The minimum absolute atomic E-state index is 0.122. The van der Waals surface area contributed by atoms with E-state index in [1.165, 1.54) is 0 Å². The van der Waals surface area contributed by atoms with Gasteiger partial charge >= 0.3 is 0 Å². The highest BCUT2D eigenvalue weighted by molar-refractivity contribution is 7.99. The maximum absolute atomic E-state index is 11.7. The van der Waals surface area contributed by atoms with Crippen LogP contribution in [0.25, 0.3) is 0 Å². The second-order valence-corrected chi connectivity index (χ2v) is 4.70. The summed E-state index contributed by atoms with van der Waals surface area (Å²) in [6, 6.07) is 3.25. The Kier molecular flexibility index (Phi) is 5.04. The molecule has 16 heavy (non-hydrogen) atoms. The SMILES string of the molecule is CCSCC(C)NC(=O)c1ccc(N)nn1. The van der Waals surface area contributed by atoms with Crippen LogP contribution >= 0.6 is 11.8 Å². The molecular weight excluding hydrogens is 224 g/mol. The van der Waals surface area contributed by atoms with Gasteiger partial charge in [0.15, 0.2) is 5.69 Å². The van der Waals surface area contributed by atoms with Crippen molar-refractivity contribution in [3.63, 3.8) is 0 Å². The van der Waals surface area contributed by atoms with Crippen molar-refractivity contribution in [2.75, 3.05) is 17.2 Å². The molecule has 88 valence electrons. The molecule has 1 rings (SSSR count). The standard InChI is InChI=1S/C10H16N4OS/c1-3-16-6-7(2)12-10(15)8-4-5-9(11)14-13-8/h4-5,7H,3,6H2,1-2H3,(H2,11,14)(H,12,15). The Balaban J connectivity index is 2.48. The lowest BCUT2D eigenvalue weighted by molar-refractivity contribution is 0.0938. The van der Waals surface area contributed by atoms with E-state index in [1.807, 2.05) is 6.92 Å². The van der Waals surface area contributed by atoms with Crippen LogP contribution in [-0.4, -0.2) is 33.7 Å². The number of nitrogens with zero attached hydrogens (tertiary/aromatic N) is 2. The van der Waals surface area contributed by atoms with Gasteiger partial charge in [0, 0.05) is 11.8 Å². The van der Waals surface area contributed by atoms with Gasteiger partial charge in [-0.05, 0) is 24.8 Å². The van der Waals surface area contributed by atoms with Gasteiger partial charge in [-0.3, -0.25) is 4.79 Å². The first kappa shape index (κ1) is 12.8. The van der Waals surface area contributed by atoms with Crippen LogP contribution in [0.1, 0.15) is 24.3 Å². The van der Waals surface area contributed by atoms with E-state index in [0.29, 0.717) is 11.5 Å². The zero-order chi connectivity index (χ0) is 12.0. The molecular formula is C10H16N4OS. The van der Waals surface area contributed by atoms with Crippen molar-refractivity contribution >= 4 is 23.5 Å². The molecule has 0 aliphatic heterocycles. The first-order valence-corrected chi connectivity index (χ1v) is 6.26. The average Bonchev–Trinajstić information content (AvgIpc) is 2.27. The number of carbonyl (C=O) groups excluding carboxylic acids is 1. The molecule has 1 unspecified atom stereocenters. The van der Waals surface area contributed by atoms with Gasteiger partial charge in [0.05, 0.1) is 0 Å². The number of amides is 1. The van der Waals surface area contributed by atoms with Gasteiger partial charge < -0.3 is 11.1 Å². The van der Waals surface area contributed by atoms with Crippen LogP contribution in [-0.2, 0) is 0 Å². The predicted octanol–water partition coefficient (Wildman–Crippen LogP) is 0.930. The number of rotatable bonds is 5. The molecule has 1 aromatic rings. The van der Waals surface area contributed by atoms with E-state index >= 15 is 0 Å². The van der Waals surface area contributed by atoms with E-state index in [4.69, 9.17) is 5.73 Å². The second kappa shape index (κ2) is 6.32. The molecule has 1 aromatic heterocycles. The van der Waals surface area contributed by atoms with Crippen LogP contribution < -0.4 is 11.1 Å². The number of hydrogen-bond acceptors (Lipinski definition) is 5. The topological polar surface area (TPSA) is 80.9 Å². The summed E-state index contributed by atoms with van der Waals surface area (Å²) >= 11 is 1.79. The zero-order valence-electron chi connectivity index (χ0n) is 9.43. The third-order valence-electron chi connectivity index (χ3n) is 1.87. The molecule has 0 bridgehead atoms. The van der Waals surface area contributed by atoms with Gasteiger partial charge in [-0.2, -0.15) is 11.8 Å². The molecule has 0 spiro atoms. The number of hydrogen-bond donors (Lipinski definition) is 2. The molecule has 3 N–H and O–H groups in total. The second-order valence-electron chi connectivity index (χ2n) is 3.38. The number of nitrogen functional groups attached to an aromatic ring is 1. The first-order valence-electron chi connectivity index (χ1n) is 5.11. The molecule has 6 heteroatoms. The summed E-state index contributed by atoms with van der Waals surface area (Å²) in [5, 5.41) is 10.2. The van der Waals surface area contributed by atoms with E-state index in [9.17, 15) is 4.79 Å². The van der Waals surface area contributed by atoms with E-state index in [0.717, 1.165) is 11.5 Å². The van der Waals surface area contributed by atoms with Crippen molar-refractivity contribution in [3.8, 4) is 0 Å². The quantitative estimate of drug-likeness (QED) is 0.800. The maximum Gasteiger partial charge on any atom is 0.272 e. The molecule has 0 aliphatic rings. The predicted molar refractivity (Wildman–Crippen MR) is 66.4 cm³/mol. The lowest BCUT2D eigenvalue weighted by Crippen LogP contribution is -2.34. The van der Waals surface area contributed by atoms with Gasteiger partial charge in [0.2, 0.25) is 0 Å². The Labute approximate surface area is 99.2 Å². The summed E-state index contributed by atoms with van der Waals surface area (Å²) in [6.45, 7) is 4.05. The number of nitrogens with two attached hydrogens (primary N) is 1. The van der Waals surface area contributed by atoms with Crippen LogP contribution in [0.4, 0.5) is 5.82 Å². The number of carbonyl (C=O) groups is 1. The Morgan fingerprint density at radius 2 is 2.31 bits per heavy atom. The van der Waals surface area contributed by atoms with Crippen molar-refractivity contribution in [2.45, 2.75) is 19.9 Å². The number of aromatic nitrogens is 2. The number of thioether (sulfide) groups is 1. The van der Waals surface area contributed by atoms with E-state index in [2.05, 4.69) is 22.4 Å². The fourth-order valence-corrected chi connectivity index (χ4v) is 1.77. The van der Waals surface area contributed by atoms with Crippen molar-refractivity contribution in [2.24, 2.45) is 0 Å². The van der Waals surface area contributed by atoms with Gasteiger partial charge in [-0.25, -0.2) is 0 Å². The Morgan fingerprint density at radius 3 is 2.88 bits per heavy atom. The number of anilines is 1. The van der Waals surface area contributed by atoms with Gasteiger partial charge in [0.25, 0.3) is 5.91 Å². The highest BCUT2D eigenvalue weighted by Gasteiger charge is 2.10. The normalized spacial score (nSPS) is 12.1. The highest BCUT2D eigenvalue weighted by atomic mass is 32.2. The molecule has 1 amide bonds. The minimum atomic E-state index is -0.211. The Hall–Kier alpha value is -1.30. The van der Waals surface area contributed by atoms with E-state index < -0.39 is 0 Å². The smallest absolute Gasteiger partial charge is 0.272 e. The van der Waals surface area contributed by atoms with Gasteiger partial charge in [0.1, 0.15) is 5.82 Å². The van der Waals surface area contributed by atoms with Crippen LogP contribution in [0.5, 0.6) is 0 Å². The molecule has 5 nitrogen and oxygen atoms in total. The average molecular weight is 240 g/mol. The summed E-state index contributed by atoms with van der Waals surface area (Å²) in [4.78, 5) is 11.7. The summed E-state index contributed by atoms with van der Waals surface area (Å²) in [7, 11) is 0. The summed E-state index contributed by atoms with van der Waals surface area (Å²) < 4.78 is 0. The summed E-state index contributed by atoms with van der Waals surface area (Å²) in [5.74, 6) is 2.04. The Morgan fingerprint density at radius 1 is 1.56 bits per heavy atom. The molecule has 0 radical (unpaired) electrons. The van der Waals surface area contributed by atoms with Crippen LogP contribution in [0.15, 0.2) is 12.1 Å². The zero-order valence-corrected chi connectivity index (χ0v) is 10.3. The molecule has 1 heterocycles. The van der Waals surface area contributed by atoms with E-state index in [-0.39, 0.29) is 11.9 Å².